The number of aryl methyl sites for hydroxylation is 1. The van der Waals surface area contributed by atoms with Crippen molar-refractivity contribution in [3.05, 3.63) is 36.0 Å². The Labute approximate surface area is 122 Å². The van der Waals surface area contributed by atoms with Gasteiger partial charge in [0, 0.05) is 17.5 Å². The lowest BCUT2D eigenvalue weighted by atomic mass is 9.95. The summed E-state index contributed by atoms with van der Waals surface area (Å²) in [5, 5.41) is 0. The zero-order valence-corrected chi connectivity index (χ0v) is 11.4. The largest absolute Gasteiger partial charge is 0.549 e. The van der Waals surface area contributed by atoms with Gasteiger partial charge in [-0.05, 0) is 19.1 Å². The highest BCUT2D eigenvalue weighted by Gasteiger charge is 2.53. The Kier molecular flexibility index (Phi) is 2.52. The van der Waals surface area contributed by atoms with Crippen molar-refractivity contribution < 1.29 is 9.31 Å². The van der Waals surface area contributed by atoms with Crippen LogP contribution in [0.1, 0.15) is 11.5 Å². The van der Waals surface area contributed by atoms with Crippen LogP contribution in [-0.2, 0) is 14.9 Å². The summed E-state index contributed by atoms with van der Waals surface area (Å²) in [6.45, 7) is 1.91. The summed E-state index contributed by atoms with van der Waals surface area (Å²) in [6, 6.07) is 3.71. The molecule has 102 valence electrons. The molecular formula is C12H11B2N5O2. The molecule has 1 unspecified atom stereocenters. The number of aromatic nitrogens is 3. The topological polar surface area (TPSA) is 102 Å². The van der Waals surface area contributed by atoms with Gasteiger partial charge in [-0.1, -0.05) is 0 Å². The lowest BCUT2D eigenvalue weighted by Gasteiger charge is -2.10. The summed E-state index contributed by atoms with van der Waals surface area (Å²) in [5.41, 5.74) is 8.15. The van der Waals surface area contributed by atoms with Gasteiger partial charge >= 0.3 is 15.0 Å². The van der Waals surface area contributed by atoms with Crippen LogP contribution in [0.4, 0.5) is 5.69 Å². The predicted molar refractivity (Wildman–Crippen MR) is 80.0 cm³/mol. The second kappa shape index (κ2) is 4.29. The lowest BCUT2D eigenvalue weighted by Crippen LogP contribution is -2.14. The highest BCUT2D eigenvalue weighted by molar-refractivity contribution is 6.83. The molecule has 0 radical (unpaired) electrons. The van der Waals surface area contributed by atoms with Gasteiger partial charge in [0.25, 0.3) is 0 Å². The molecule has 2 aromatic rings. The monoisotopic (exact) mass is 279 g/mol. The van der Waals surface area contributed by atoms with Crippen LogP contribution in [0.3, 0.4) is 0 Å². The van der Waals surface area contributed by atoms with Gasteiger partial charge in [-0.2, -0.15) is 0 Å². The second-order valence-electron chi connectivity index (χ2n) is 5.05. The van der Waals surface area contributed by atoms with E-state index < -0.39 is 5.62 Å². The van der Waals surface area contributed by atoms with E-state index in [0.717, 1.165) is 17.0 Å². The number of nitrogens with two attached hydrogens (primary N) is 1. The molecule has 4 heterocycles. The van der Waals surface area contributed by atoms with Gasteiger partial charge in [-0.15, -0.1) is 0 Å². The third-order valence-corrected chi connectivity index (χ3v) is 3.33. The summed E-state index contributed by atoms with van der Waals surface area (Å²) in [6.07, 6.45) is 3.29. The van der Waals surface area contributed by atoms with E-state index in [1.165, 1.54) is 0 Å². The quantitative estimate of drug-likeness (QED) is 0.609. The summed E-state index contributed by atoms with van der Waals surface area (Å²) in [4.78, 5) is 17.4. The van der Waals surface area contributed by atoms with Gasteiger partial charge < -0.3 is 15.0 Å². The minimum absolute atomic E-state index is 0.467. The number of aliphatic imine (C=N–C) groups is 1. The van der Waals surface area contributed by atoms with Crippen molar-refractivity contribution in [2.75, 3.05) is 5.73 Å². The molecule has 0 aromatic carbocycles. The zero-order valence-electron chi connectivity index (χ0n) is 11.4. The van der Waals surface area contributed by atoms with Crippen LogP contribution in [0.15, 0.2) is 29.5 Å². The van der Waals surface area contributed by atoms with Crippen molar-refractivity contribution in [2.24, 2.45) is 4.99 Å². The molecule has 0 spiro atoms. The molecule has 0 bridgehead atoms. The Hall–Kier alpha value is -2.41. The fraction of sp³-hybridized carbons (Fsp3) is 0.167. The van der Waals surface area contributed by atoms with Crippen LogP contribution < -0.4 is 5.73 Å². The van der Waals surface area contributed by atoms with Crippen LogP contribution in [0.25, 0.3) is 11.3 Å². The van der Waals surface area contributed by atoms with Gasteiger partial charge in [-0.3, -0.25) is 4.98 Å². The van der Waals surface area contributed by atoms with Gasteiger partial charge in [-0.25, -0.2) is 15.0 Å². The molecule has 2 aromatic heterocycles. The molecule has 0 amide bonds. The van der Waals surface area contributed by atoms with E-state index in [9.17, 15) is 0 Å². The molecule has 2 fully saturated rings. The Balaban J connectivity index is 1.81. The van der Waals surface area contributed by atoms with Gasteiger partial charge in [0.1, 0.15) is 0 Å². The number of pyridine rings is 1. The Bertz CT molecular complexity index is 757. The molecule has 0 aliphatic carbocycles. The van der Waals surface area contributed by atoms with Crippen LogP contribution in [-0.4, -0.2) is 35.7 Å². The highest BCUT2D eigenvalue weighted by atomic mass is 16.6. The van der Waals surface area contributed by atoms with E-state index in [1.807, 2.05) is 19.1 Å². The fourth-order valence-electron chi connectivity index (χ4n) is 2.13. The Morgan fingerprint density at radius 3 is 2.86 bits per heavy atom. The van der Waals surface area contributed by atoms with Crippen molar-refractivity contribution in [3.8, 4) is 11.3 Å². The molecule has 9 heteroatoms. The summed E-state index contributed by atoms with van der Waals surface area (Å²) >= 11 is 0. The van der Waals surface area contributed by atoms with Gasteiger partial charge in [0.15, 0.2) is 11.6 Å². The van der Waals surface area contributed by atoms with E-state index in [1.54, 1.807) is 12.4 Å². The minimum Gasteiger partial charge on any atom is -0.549 e. The average Bonchev–Trinajstić information content (AvgIpc) is 3.37. The minimum atomic E-state index is -0.783. The first-order chi connectivity index (χ1) is 10.2. The third-order valence-electron chi connectivity index (χ3n) is 3.33. The van der Waals surface area contributed by atoms with Gasteiger partial charge in [0.2, 0.25) is 5.62 Å². The summed E-state index contributed by atoms with van der Waals surface area (Å²) in [5.74, 6) is 1.22. The SMILES string of the molecule is Cc1cc(-c2ccncc2N)nc(C2(/N=C3\BO3)BO2)n1. The van der Waals surface area contributed by atoms with Crippen molar-refractivity contribution in [2.45, 2.75) is 12.5 Å². The van der Waals surface area contributed by atoms with E-state index in [2.05, 4.69) is 19.9 Å². The Morgan fingerprint density at radius 1 is 1.38 bits per heavy atom. The Morgan fingerprint density at radius 2 is 2.19 bits per heavy atom. The van der Waals surface area contributed by atoms with Crippen molar-refractivity contribution in [1.29, 1.82) is 0 Å². The molecular weight excluding hydrogens is 268 g/mol. The van der Waals surface area contributed by atoms with Crippen molar-refractivity contribution in [3.63, 3.8) is 0 Å². The first kappa shape index (κ1) is 12.3. The molecule has 2 aliphatic rings. The number of nitrogens with zero attached hydrogens (tertiary/aromatic N) is 4. The lowest BCUT2D eigenvalue weighted by molar-refractivity contribution is 0.319. The first-order valence-electron chi connectivity index (χ1n) is 6.58. The predicted octanol–water partition coefficient (Wildman–Crippen LogP) is -0.341. The van der Waals surface area contributed by atoms with Crippen LogP contribution in [0.2, 0.25) is 0 Å². The van der Waals surface area contributed by atoms with E-state index in [-0.39, 0.29) is 0 Å². The van der Waals surface area contributed by atoms with Gasteiger partial charge in [0.05, 0.1) is 17.6 Å². The number of nitrogen functional groups attached to an aromatic ring is 1. The molecule has 21 heavy (non-hydrogen) atoms. The molecule has 7 nitrogen and oxygen atoms in total. The second-order valence-corrected chi connectivity index (χ2v) is 5.05. The first-order valence-corrected chi connectivity index (χ1v) is 6.58. The van der Waals surface area contributed by atoms with Crippen LogP contribution in [0, 0.1) is 6.92 Å². The summed E-state index contributed by atoms with van der Waals surface area (Å²) < 4.78 is 10.5. The number of anilines is 1. The van der Waals surface area contributed by atoms with E-state index in [0.29, 0.717) is 32.3 Å². The standard InChI is InChI=1S/C12H11B2N5O2/c1-6-4-9(7-2-3-16-5-8(7)15)18-10(17-6)12(14-21-12)19-11-13-20-11/h2-5,13-14H,15H2,1H3/b19-11+. The number of hydrogen-bond acceptors (Lipinski definition) is 7. The molecule has 2 saturated heterocycles. The molecule has 2 N–H and O–H groups in total. The summed E-state index contributed by atoms with van der Waals surface area (Å²) in [7, 11) is 1.02. The van der Waals surface area contributed by atoms with Crippen LogP contribution >= 0.6 is 0 Å². The molecule has 0 saturated carbocycles. The number of hydrogen-bond donors (Lipinski definition) is 1. The zero-order chi connectivity index (χ0) is 14.4. The molecule has 4 rings (SSSR count). The van der Waals surface area contributed by atoms with Crippen molar-refractivity contribution in [1.82, 2.24) is 15.0 Å². The van der Waals surface area contributed by atoms with E-state index >= 15 is 0 Å². The molecule has 1 atom stereocenters. The number of rotatable bonds is 3. The maximum atomic E-state index is 5.97. The average molecular weight is 279 g/mol. The van der Waals surface area contributed by atoms with E-state index in [4.69, 9.17) is 15.0 Å². The molecule has 2 aliphatic heterocycles. The smallest absolute Gasteiger partial charge is 0.434 e. The maximum Gasteiger partial charge on any atom is 0.434 e. The highest BCUT2D eigenvalue weighted by Crippen LogP contribution is 2.38. The van der Waals surface area contributed by atoms with Crippen LogP contribution in [0.5, 0.6) is 0 Å². The van der Waals surface area contributed by atoms with Crippen molar-refractivity contribution >= 4 is 26.4 Å². The maximum absolute atomic E-state index is 5.97. The normalized spacial score (nSPS) is 24.0. The fourth-order valence-corrected chi connectivity index (χ4v) is 2.13. The third kappa shape index (κ3) is 2.25.